The Bertz CT molecular complexity index is 368. The van der Waals surface area contributed by atoms with Crippen LogP contribution in [0, 0.1) is 0 Å². The Balaban J connectivity index is -0.0000000704. The van der Waals surface area contributed by atoms with E-state index in [1.807, 2.05) is 0 Å². The summed E-state index contributed by atoms with van der Waals surface area (Å²) in [6, 6.07) is 5.81. The number of carboxylic acids is 1. The maximum atomic E-state index is 10.6. The molecular formula is C9H14Cl2N2O5Pt. The van der Waals surface area contributed by atoms with Gasteiger partial charge in [0.25, 0.3) is 0 Å². The summed E-state index contributed by atoms with van der Waals surface area (Å²) in [4.78, 5) is 21.1. The van der Waals surface area contributed by atoms with Crippen LogP contribution in [0.1, 0.15) is 17.3 Å². The van der Waals surface area contributed by atoms with Crippen molar-refractivity contribution in [1.82, 2.24) is 12.3 Å². The van der Waals surface area contributed by atoms with Gasteiger partial charge in [-0.3, -0.25) is 4.79 Å². The van der Waals surface area contributed by atoms with Crippen LogP contribution in [-0.2, 0) is 25.9 Å². The summed E-state index contributed by atoms with van der Waals surface area (Å²) in [7, 11) is 0. The first-order valence-electron chi connectivity index (χ1n) is 3.60. The number of carbonyl (C=O) groups excluding carboxylic acids is 2. The molecule has 0 amide bonds. The molecule has 0 saturated heterocycles. The van der Waals surface area contributed by atoms with E-state index in [2.05, 4.69) is 4.74 Å². The monoisotopic (exact) mass is 495 g/mol. The molecule has 0 radical (unpaired) electrons. The normalized spacial score (nSPS) is 6.37. The van der Waals surface area contributed by atoms with Crippen LogP contribution in [0.25, 0.3) is 0 Å². The molecule has 0 bridgehead atoms. The molecule has 0 aliphatic heterocycles. The minimum absolute atomic E-state index is 0. The van der Waals surface area contributed by atoms with Gasteiger partial charge in [0.15, 0.2) is 0 Å². The van der Waals surface area contributed by atoms with E-state index >= 15 is 0 Å². The summed E-state index contributed by atoms with van der Waals surface area (Å²) in [6.45, 7) is 1.20. The Morgan fingerprint density at radius 2 is 1.53 bits per heavy atom. The van der Waals surface area contributed by atoms with Crippen molar-refractivity contribution < 1.29 is 70.8 Å². The van der Waals surface area contributed by atoms with E-state index in [4.69, 9.17) is 0 Å². The second-order valence-electron chi connectivity index (χ2n) is 2.38. The summed E-state index contributed by atoms with van der Waals surface area (Å²) < 4.78 is 4.65. The molecule has 1 aromatic carbocycles. The molecule has 0 fully saturated rings. The fraction of sp³-hybridized carbons (Fsp3) is 0.111. The van der Waals surface area contributed by atoms with Crippen LogP contribution in [0.3, 0.4) is 0 Å². The van der Waals surface area contributed by atoms with E-state index < -0.39 is 11.9 Å². The van der Waals surface area contributed by atoms with Crippen molar-refractivity contribution in [3.05, 3.63) is 29.8 Å². The van der Waals surface area contributed by atoms with Gasteiger partial charge in [-0.25, -0.2) is 0 Å². The van der Waals surface area contributed by atoms with Crippen LogP contribution >= 0.6 is 0 Å². The van der Waals surface area contributed by atoms with Gasteiger partial charge in [-0.05, 0) is 12.1 Å². The van der Waals surface area contributed by atoms with E-state index in [0.717, 1.165) is 0 Å². The van der Waals surface area contributed by atoms with E-state index in [0.29, 0.717) is 0 Å². The second kappa shape index (κ2) is 17.3. The van der Waals surface area contributed by atoms with Gasteiger partial charge in [0.2, 0.25) is 0 Å². The zero-order valence-corrected chi connectivity index (χ0v) is 13.7. The second-order valence-corrected chi connectivity index (χ2v) is 2.38. The topological polar surface area (TPSA) is 166 Å². The molecule has 0 atom stereocenters. The summed E-state index contributed by atoms with van der Waals surface area (Å²) in [6.07, 6.45) is 0. The number of para-hydroxylation sites is 1. The van der Waals surface area contributed by atoms with Gasteiger partial charge >= 0.3 is 27.0 Å². The van der Waals surface area contributed by atoms with Gasteiger partial charge in [0.1, 0.15) is 5.75 Å². The molecule has 0 aromatic heterocycles. The molecule has 0 heterocycles. The fourth-order valence-electron chi connectivity index (χ4n) is 0.879. The zero-order chi connectivity index (χ0) is 9.84. The number of halogens is 2. The number of rotatable bonds is 2. The predicted octanol–water partition coefficient (Wildman–Crippen LogP) is -5.87. The third kappa shape index (κ3) is 12.1. The van der Waals surface area contributed by atoms with Gasteiger partial charge in [-0.1, -0.05) is 12.1 Å². The number of hydrogen-bond acceptors (Lipinski definition) is 7. The van der Waals surface area contributed by atoms with Gasteiger partial charge in [0.05, 0.1) is 5.97 Å². The SMILES string of the molecule is CC(=O)Oc1ccccc1C(=O)[O-].N.N.[Cl-].[Cl-].[OH-].[Pt+4]. The third-order valence-corrected chi connectivity index (χ3v) is 1.36. The Kier molecular flexibility index (Phi) is 33.0. The maximum Gasteiger partial charge on any atom is 4.00 e. The van der Waals surface area contributed by atoms with Gasteiger partial charge in [-0.15, -0.1) is 0 Å². The molecule has 0 unspecified atom stereocenters. The van der Waals surface area contributed by atoms with Crippen molar-refractivity contribution >= 4 is 11.9 Å². The number of ether oxygens (including phenoxy) is 1. The van der Waals surface area contributed by atoms with Crippen molar-refractivity contribution in [1.29, 1.82) is 0 Å². The quantitative estimate of drug-likeness (QED) is 0.304. The maximum absolute atomic E-state index is 10.6. The molecule has 19 heavy (non-hydrogen) atoms. The Labute approximate surface area is 137 Å². The summed E-state index contributed by atoms with van der Waals surface area (Å²) in [5.41, 5.74) is -0.127. The molecule has 10 heteroatoms. The third-order valence-electron chi connectivity index (χ3n) is 1.36. The van der Waals surface area contributed by atoms with Crippen molar-refractivity contribution in [2.45, 2.75) is 6.92 Å². The number of carboxylic acid groups (broad SMARTS) is 1. The molecule has 1 aromatic rings. The summed E-state index contributed by atoms with van der Waals surface area (Å²) >= 11 is 0. The number of hydrogen-bond donors (Lipinski definition) is 2. The molecule has 0 saturated carbocycles. The Morgan fingerprint density at radius 1 is 1.11 bits per heavy atom. The first-order valence-corrected chi connectivity index (χ1v) is 3.60. The van der Waals surface area contributed by atoms with Crippen molar-refractivity contribution in [3.63, 3.8) is 0 Å². The average Bonchev–Trinajstić information content (AvgIpc) is 2.03. The molecule has 7 nitrogen and oxygen atoms in total. The smallest absolute Gasteiger partial charge is 1.00 e. The van der Waals surface area contributed by atoms with Crippen LogP contribution in [0.15, 0.2) is 24.3 Å². The number of esters is 1. The molecule has 1 rings (SSSR count). The van der Waals surface area contributed by atoms with E-state index in [1.165, 1.54) is 25.1 Å². The summed E-state index contributed by atoms with van der Waals surface area (Å²) in [5, 5.41) is 10.5. The molecule has 0 aliphatic carbocycles. The number of benzene rings is 1. The average molecular weight is 496 g/mol. The molecule has 0 spiro atoms. The first-order chi connectivity index (χ1) is 6.11. The number of aromatic carboxylic acids is 1. The molecule has 7 N–H and O–H groups in total. The fourth-order valence-corrected chi connectivity index (χ4v) is 0.879. The van der Waals surface area contributed by atoms with Crippen molar-refractivity contribution in [2.24, 2.45) is 0 Å². The molecule has 114 valence electrons. The standard InChI is InChI=1S/C9H8O4.2ClH.2H3N.H2O.Pt/c1-6(10)13-8-5-3-2-4-7(8)9(11)12;;;;;;/h2-5H,1H3,(H,11,12);2*1H;2*1H3;1H2;/q;;;;;;+4/p-4. The van der Waals surface area contributed by atoms with Crippen LogP contribution in [0.5, 0.6) is 5.75 Å². The van der Waals surface area contributed by atoms with E-state index in [9.17, 15) is 14.7 Å². The van der Waals surface area contributed by atoms with Gasteiger partial charge in [0, 0.05) is 12.5 Å². The van der Waals surface area contributed by atoms with Crippen LogP contribution in [0.2, 0.25) is 0 Å². The largest absolute Gasteiger partial charge is 4.00 e. The van der Waals surface area contributed by atoms with Crippen LogP contribution in [0.4, 0.5) is 0 Å². The van der Waals surface area contributed by atoms with Crippen molar-refractivity contribution in [3.8, 4) is 5.75 Å². The van der Waals surface area contributed by atoms with Gasteiger partial charge in [-0.2, -0.15) is 0 Å². The molecular weight excluding hydrogens is 482 g/mol. The first kappa shape index (κ1) is 36.2. The van der Waals surface area contributed by atoms with Crippen molar-refractivity contribution in [2.75, 3.05) is 0 Å². The van der Waals surface area contributed by atoms with Gasteiger partial charge < -0.3 is 57.2 Å². The van der Waals surface area contributed by atoms with E-state index in [1.54, 1.807) is 6.07 Å². The van der Waals surface area contributed by atoms with Crippen LogP contribution in [-0.4, -0.2) is 17.4 Å². The number of carbonyl (C=O) groups is 2. The van der Waals surface area contributed by atoms with E-state index in [-0.39, 0.29) is 75.0 Å². The Hall–Kier alpha value is -0.692. The minimum atomic E-state index is -1.36. The zero-order valence-electron chi connectivity index (χ0n) is 9.88. The Morgan fingerprint density at radius 3 is 1.89 bits per heavy atom. The molecule has 0 aliphatic rings. The summed E-state index contributed by atoms with van der Waals surface area (Å²) in [5.74, 6) is -1.92. The minimum Gasteiger partial charge on any atom is -1.00 e. The van der Waals surface area contributed by atoms with Crippen LogP contribution < -0.4 is 47.0 Å². The predicted molar refractivity (Wildman–Crippen MR) is 54.1 cm³/mol.